The number of hydrogen-bond acceptors (Lipinski definition) is 3. The summed E-state index contributed by atoms with van der Waals surface area (Å²) >= 11 is 7.50. The highest BCUT2D eigenvalue weighted by Crippen LogP contribution is 2.30. The summed E-state index contributed by atoms with van der Waals surface area (Å²) < 4.78 is 0. The molecule has 0 fully saturated rings. The molecule has 1 atom stereocenters. The molecule has 6 heteroatoms. The molecule has 0 aliphatic carbocycles. The van der Waals surface area contributed by atoms with Gasteiger partial charge in [-0.3, -0.25) is 4.79 Å². The Hall–Kier alpha value is -2.47. The summed E-state index contributed by atoms with van der Waals surface area (Å²) in [6, 6.07) is 20.1. The summed E-state index contributed by atoms with van der Waals surface area (Å²) in [4.78, 5) is 21.9. The van der Waals surface area contributed by atoms with Crippen LogP contribution in [-0.4, -0.2) is 9.97 Å². The van der Waals surface area contributed by atoms with Gasteiger partial charge in [-0.15, -0.1) is 11.3 Å². The Morgan fingerprint density at radius 2 is 1.89 bits per heavy atom. The average molecular weight is 397 g/mol. The highest BCUT2D eigenvalue weighted by molar-refractivity contribution is 7.21. The Kier molecular flexibility index (Phi) is 5.07. The van der Waals surface area contributed by atoms with Crippen molar-refractivity contribution in [2.45, 2.75) is 19.5 Å². The van der Waals surface area contributed by atoms with Crippen LogP contribution in [0.3, 0.4) is 0 Å². The van der Waals surface area contributed by atoms with Crippen molar-refractivity contribution in [2.75, 3.05) is 0 Å². The Morgan fingerprint density at radius 1 is 1.15 bits per heavy atom. The number of rotatable bonds is 5. The maximum Gasteiger partial charge on any atom is 0.259 e. The molecular formula is C21H19ClN3OS+. The van der Waals surface area contributed by atoms with Crippen LogP contribution in [-0.2, 0) is 6.54 Å². The third-order valence-corrected chi connectivity index (χ3v) is 5.90. The second-order valence-corrected chi connectivity index (χ2v) is 7.96. The van der Waals surface area contributed by atoms with Crippen LogP contribution >= 0.6 is 22.9 Å². The van der Waals surface area contributed by atoms with Gasteiger partial charge in [-0.1, -0.05) is 54.1 Å². The first-order chi connectivity index (χ1) is 13.1. The molecule has 2 aromatic carbocycles. The lowest BCUT2D eigenvalue weighted by Crippen LogP contribution is -2.83. The summed E-state index contributed by atoms with van der Waals surface area (Å²) in [7, 11) is 0. The fourth-order valence-electron chi connectivity index (χ4n) is 3.01. The van der Waals surface area contributed by atoms with Gasteiger partial charge in [0.1, 0.15) is 17.4 Å². The van der Waals surface area contributed by atoms with Gasteiger partial charge >= 0.3 is 0 Å². The van der Waals surface area contributed by atoms with Crippen molar-refractivity contribution in [3.8, 4) is 10.4 Å². The van der Waals surface area contributed by atoms with E-state index in [0.717, 1.165) is 20.3 Å². The SMILES string of the molecule is C[C@H]([NH2+]Cc1nc2sc(-c3ccccc3)cc2c(=O)[nH]1)c1ccc(Cl)cc1. The lowest BCUT2D eigenvalue weighted by Gasteiger charge is -2.10. The van der Waals surface area contributed by atoms with Crippen LogP contribution in [0.1, 0.15) is 24.4 Å². The molecule has 2 heterocycles. The quantitative estimate of drug-likeness (QED) is 0.532. The van der Waals surface area contributed by atoms with Crippen LogP contribution in [0.4, 0.5) is 0 Å². The number of aromatic amines is 1. The minimum absolute atomic E-state index is 0.0824. The number of nitrogens with zero attached hydrogens (tertiary/aromatic N) is 1. The molecule has 0 radical (unpaired) electrons. The molecule has 4 aromatic rings. The first-order valence-corrected chi connectivity index (χ1v) is 9.96. The number of benzene rings is 2. The summed E-state index contributed by atoms with van der Waals surface area (Å²) in [5.41, 5.74) is 2.20. The number of thiophene rings is 1. The van der Waals surface area contributed by atoms with Crippen molar-refractivity contribution in [1.29, 1.82) is 0 Å². The fourth-order valence-corrected chi connectivity index (χ4v) is 4.19. The number of quaternary nitrogens is 1. The van der Waals surface area contributed by atoms with Crippen molar-refractivity contribution >= 4 is 33.2 Å². The molecular weight excluding hydrogens is 378 g/mol. The summed E-state index contributed by atoms with van der Waals surface area (Å²) in [5.74, 6) is 0.690. The van der Waals surface area contributed by atoms with E-state index in [1.807, 2.05) is 60.7 Å². The van der Waals surface area contributed by atoms with E-state index in [1.165, 1.54) is 5.56 Å². The molecule has 0 unspecified atom stereocenters. The number of nitrogens with two attached hydrogens (primary N) is 1. The third kappa shape index (κ3) is 3.95. The number of nitrogens with one attached hydrogen (secondary N) is 1. The van der Waals surface area contributed by atoms with Crippen LogP contribution in [0.2, 0.25) is 5.02 Å². The van der Waals surface area contributed by atoms with E-state index in [9.17, 15) is 4.79 Å². The lowest BCUT2D eigenvalue weighted by atomic mass is 10.1. The van der Waals surface area contributed by atoms with Crippen LogP contribution in [0.25, 0.3) is 20.7 Å². The Bertz CT molecular complexity index is 1120. The summed E-state index contributed by atoms with van der Waals surface area (Å²) in [5, 5.41) is 3.53. The van der Waals surface area contributed by atoms with Crippen LogP contribution in [0, 0.1) is 0 Å². The van der Waals surface area contributed by atoms with Crippen molar-refractivity contribution in [2.24, 2.45) is 0 Å². The normalized spacial score (nSPS) is 12.4. The number of halogens is 1. The van der Waals surface area contributed by atoms with E-state index in [4.69, 9.17) is 11.6 Å². The molecule has 0 spiro atoms. The van der Waals surface area contributed by atoms with Crippen molar-refractivity contribution in [3.05, 3.63) is 87.4 Å². The predicted molar refractivity (Wildman–Crippen MR) is 111 cm³/mol. The molecule has 27 heavy (non-hydrogen) atoms. The maximum atomic E-state index is 12.5. The number of H-pyrrole nitrogens is 1. The summed E-state index contributed by atoms with van der Waals surface area (Å²) in [6.45, 7) is 2.73. The molecule has 0 amide bonds. The molecule has 2 aromatic heterocycles. The third-order valence-electron chi connectivity index (χ3n) is 4.57. The molecule has 0 aliphatic rings. The van der Waals surface area contributed by atoms with Gasteiger partial charge in [0, 0.05) is 15.5 Å². The molecule has 0 aliphatic heterocycles. The van der Waals surface area contributed by atoms with E-state index >= 15 is 0 Å². The van der Waals surface area contributed by atoms with Gasteiger partial charge in [-0.05, 0) is 30.7 Å². The molecule has 4 rings (SSSR count). The second kappa shape index (κ2) is 7.64. The van der Waals surface area contributed by atoms with Crippen LogP contribution < -0.4 is 10.9 Å². The average Bonchev–Trinajstić information content (AvgIpc) is 3.12. The fraction of sp³-hybridized carbons (Fsp3) is 0.143. The first-order valence-electron chi connectivity index (χ1n) is 8.77. The smallest absolute Gasteiger partial charge is 0.259 e. The molecule has 0 saturated heterocycles. The van der Waals surface area contributed by atoms with Crippen LogP contribution in [0.15, 0.2) is 65.5 Å². The Balaban J connectivity index is 1.56. The zero-order valence-corrected chi connectivity index (χ0v) is 16.3. The van der Waals surface area contributed by atoms with E-state index in [1.54, 1.807) is 11.3 Å². The van der Waals surface area contributed by atoms with Gasteiger partial charge in [0.2, 0.25) is 0 Å². The zero-order valence-electron chi connectivity index (χ0n) is 14.8. The predicted octanol–water partition coefficient (Wildman–Crippen LogP) is 4.13. The van der Waals surface area contributed by atoms with Crippen molar-refractivity contribution in [1.82, 2.24) is 9.97 Å². The van der Waals surface area contributed by atoms with Crippen LogP contribution in [0.5, 0.6) is 0 Å². The zero-order chi connectivity index (χ0) is 18.8. The molecule has 4 nitrogen and oxygen atoms in total. The minimum Gasteiger partial charge on any atom is -0.334 e. The van der Waals surface area contributed by atoms with Gasteiger partial charge < -0.3 is 10.3 Å². The number of aromatic nitrogens is 2. The van der Waals surface area contributed by atoms with E-state index in [0.29, 0.717) is 17.8 Å². The molecule has 136 valence electrons. The van der Waals surface area contributed by atoms with E-state index in [2.05, 4.69) is 22.2 Å². The monoisotopic (exact) mass is 396 g/mol. The minimum atomic E-state index is -0.0824. The van der Waals surface area contributed by atoms with Gasteiger partial charge in [0.15, 0.2) is 5.82 Å². The molecule has 3 N–H and O–H groups in total. The van der Waals surface area contributed by atoms with Crippen molar-refractivity contribution < 1.29 is 5.32 Å². The van der Waals surface area contributed by atoms with Crippen molar-refractivity contribution in [3.63, 3.8) is 0 Å². The summed E-state index contributed by atoms with van der Waals surface area (Å²) in [6.07, 6.45) is 0. The molecule has 0 bridgehead atoms. The first kappa shape index (κ1) is 17.9. The van der Waals surface area contributed by atoms with Gasteiger partial charge in [0.25, 0.3) is 5.56 Å². The van der Waals surface area contributed by atoms with Gasteiger partial charge in [-0.2, -0.15) is 0 Å². The molecule has 0 saturated carbocycles. The van der Waals surface area contributed by atoms with E-state index < -0.39 is 0 Å². The van der Waals surface area contributed by atoms with Gasteiger partial charge in [-0.25, -0.2) is 4.98 Å². The number of hydrogen-bond donors (Lipinski definition) is 2. The van der Waals surface area contributed by atoms with Gasteiger partial charge in [0.05, 0.1) is 5.39 Å². The lowest BCUT2D eigenvalue weighted by molar-refractivity contribution is -0.708. The Labute approximate surface area is 165 Å². The number of fused-ring (bicyclic) bond motifs is 1. The second-order valence-electron chi connectivity index (χ2n) is 6.49. The Morgan fingerprint density at radius 3 is 2.63 bits per heavy atom. The maximum absolute atomic E-state index is 12.5. The highest BCUT2D eigenvalue weighted by atomic mass is 35.5. The topological polar surface area (TPSA) is 62.4 Å². The standard InChI is InChI=1S/C21H18ClN3OS/c1-13(14-7-9-16(22)10-8-14)23-12-19-24-20(26)17-11-18(27-21(17)25-19)15-5-3-2-4-6-15/h2-11,13,23H,12H2,1H3,(H,24,25,26)/p+1/t13-/m0/s1. The highest BCUT2D eigenvalue weighted by Gasteiger charge is 2.13. The largest absolute Gasteiger partial charge is 0.334 e. The van der Waals surface area contributed by atoms with E-state index in [-0.39, 0.29) is 11.6 Å².